The van der Waals surface area contributed by atoms with Crippen LogP contribution in [0, 0.1) is 6.07 Å². The SMILES string of the molecule is CC(=O)C(c1[c]cccc1)[Si](C)(C)C. The van der Waals surface area contributed by atoms with Crippen LogP contribution in [0.5, 0.6) is 0 Å². The molecule has 1 nitrogen and oxygen atoms in total. The van der Waals surface area contributed by atoms with Crippen LogP contribution in [0.3, 0.4) is 0 Å². The molecule has 0 N–H and O–H groups in total. The van der Waals surface area contributed by atoms with Crippen molar-refractivity contribution in [3.05, 3.63) is 35.9 Å². The molecule has 1 atom stereocenters. The van der Waals surface area contributed by atoms with E-state index < -0.39 is 8.07 Å². The number of benzene rings is 1. The summed E-state index contributed by atoms with van der Waals surface area (Å²) in [6, 6.07) is 11.0. The summed E-state index contributed by atoms with van der Waals surface area (Å²) < 4.78 is 0. The predicted molar refractivity (Wildman–Crippen MR) is 62.0 cm³/mol. The molecular weight excluding hydrogens is 188 g/mol. The minimum Gasteiger partial charge on any atom is -0.300 e. The van der Waals surface area contributed by atoms with E-state index in [1.807, 2.05) is 24.3 Å². The Hall–Kier alpha value is -0.893. The summed E-state index contributed by atoms with van der Waals surface area (Å²) >= 11 is 0. The molecule has 14 heavy (non-hydrogen) atoms. The average Bonchev–Trinajstić information content (AvgIpc) is 2.02. The fourth-order valence-corrected chi connectivity index (χ4v) is 4.21. The van der Waals surface area contributed by atoms with E-state index in [0.717, 1.165) is 5.56 Å². The molecule has 0 aromatic heterocycles. The molecule has 1 unspecified atom stereocenters. The number of hydrogen-bond acceptors (Lipinski definition) is 1. The van der Waals surface area contributed by atoms with Gasteiger partial charge in [0.15, 0.2) is 0 Å². The topological polar surface area (TPSA) is 17.1 Å². The molecule has 0 fully saturated rings. The van der Waals surface area contributed by atoms with Crippen LogP contribution >= 0.6 is 0 Å². The Morgan fingerprint density at radius 3 is 2.36 bits per heavy atom. The van der Waals surface area contributed by atoms with Crippen molar-refractivity contribution in [2.75, 3.05) is 0 Å². The molecule has 2 heteroatoms. The molecule has 0 spiro atoms. The first-order valence-corrected chi connectivity index (χ1v) is 8.47. The molecule has 1 aromatic carbocycles. The standard InChI is InChI=1S/C12H17OSi/c1-10(13)12(14(2,3)4)11-8-6-5-7-9-11/h5-8,12H,1-4H3. The Kier molecular flexibility index (Phi) is 3.27. The van der Waals surface area contributed by atoms with Crippen LogP contribution in [-0.4, -0.2) is 13.9 Å². The van der Waals surface area contributed by atoms with Crippen molar-refractivity contribution in [2.45, 2.75) is 32.1 Å². The van der Waals surface area contributed by atoms with Crippen molar-refractivity contribution in [1.29, 1.82) is 0 Å². The lowest BCUT2D eigenvalue weighted by molar-refractivity contribution is -0.116. The van der Waals surface area contributed by atoms with Gasteiger partial charge in [-0.05, 0) is 18.6 Å². The number of carbonyl (C=O) groups excluding carboxylic acids is 1. The van der Waals surface area contributed by atoms with Crippen LogP contribution in [0.4, 0.5) is 0 Å². The van der Waals surface area contributed by atoms with Gasteiger partial charge in [-0.15, -0.1) is 0 Å². The Labute approximate surface area is 87.2 Å². The third-order valence-corrected chi connectivity index (χ3v) is 4.77. The van der Waals surface area contributed by atoms with Gasteiger partial charge in [0.1, 0.15) is 5.78 Å². The van der Waals surface area contributed by atoms with Crippen molar-refractivity contribution in [3.63, 3.8) is 0 Å². The Morgan fingerprint density at radius 2 is 2.00 bits per heavy atom. The van der Waals surface area contributed by atoms with Gasteiger partial charge in [-0.3, -0.25) is 4.79 Å². The normalized spacial score (nSPS) is 13.7. The molecule has 0 bridgehead atoms. The van der Waals surface area contributed by atoms with Crippen LogP contribution in [0.15, 0.2) is 24.3 Å². The summed E-state index contributed by atoms with van der Waals surface area (Å²) in [6.07, 6.45) is 0. The molecule has 1 rings (SSSR count). The maximum absolute atomic E-state index is 11.6. The van der Waals surface area contributed by atoms with Gasteiger partial charge < -0.3 is 0 Å². The maximum Gasteiger partial charge on any atom is 0.134 e. The van der Waals surface area contributed by atoms with Gasteiger partial charge in [0, 0.05) is 5.54 Å². The van der Waals surface area contributed by atoms with E-state index in [9.17, 15) is 4.79 Å². The summed E-state index contributed by atoms with van der Waals surface area (Å²) in [5.74, 6) is 0.270. The number of rotatable bonds is 3. The van der Waals surface area contributed by atoms with Gasteiger partial charge in [0.2, 0.25) is 0 Å². The lowest BCUT2D eigenvalue weighted by Crippen LogP contribution is -2.35. The van der Waals surface area contributed by atoms with Gasteiger partial charge in [0.25, 0.3) is 0 Å². The van der Waals surface area contributed by atoms with Crippen molar-refractivity contribution >= 4 is 13.9 Å². The zero-order valence-corrected chi connectivity index (χ0v) is 10.3. The molecule has 1 radical (unpaired) electrons. The highest BCUT2D eigenvalue weighted by Crippen LogP contribution is 2.27. The van der Waals surface area contributed by atoms with E-state index in [-0.39, 0.29) is 11.3 Å². The van der Waals surface area contributed by atoms with Crippen molar-refractivity contribution in [1.82, 2.24) is 0 Å². The summed E-state index contributed by atoms with van der Waals surface area (Å²) in [6.45, 7) is 8.35. The zero-order valence-electron chi connectivity index (χ0n) is 9.29. The number of hydrogen-bond donors (Lipinski definition) is 0. The first kappa shape index (κ1) is 11.2. The zero-order chi connectivity index (χ0) is 10.8. The summed E-state index contributed by atoms with van der Waals surface area (Å²) in [5, 5.41) is 0. The molecule has 0 heterocycles. The van der Waals surface area contributed by atoms with Crippen molar-refractivity contribution in [3.8, 4) is 0 Å². The third-order valence-electron chi connectivity index (χ3n) is 2.32. The van der Waals surface area contributed by atoms with Crippen LogP contribution in [-0.2, 0) is 4.79 Å². The minimum atomic E-state index is -1.47. The molecule has 1 aromatic rings. The first-order chi connectivity index (χ1) is 6.43. The van der Waals surface area contributed by atoms with Crippen molar-refractivity contribution < 1.29 is 4.79 Å². The van der Waals surface area contributed by atoms with E-state index in [1.165, 1.54) is 0 Å². The van der Waals surface area contributed by atoms with E-state index in [0.29, 0.717) is 0 Å². The molecule has 0 saturated carbocycles. The van der Waals surface area contributed by atoms with Crippen LogP contribution < -0.4 is 0 Å². The largest absolute Gasteiger partial charge is 0.300 e. The number of Topliss-reactive ketones (excluding diaryl/α,β-unsaturated/α-hetero) is 1. The fourth-order valence-electron chi connectivity index (χ4n) is 1.88. The minimum absolute atomic E-state index is 0.0868. The first-order valence-electron chi connectivity index (χ1n) is 4.90. The summed E-state index contributed by atoms with van der Waals surface area (Å²) in [4.78, 5) is 11.6. The van der Waals surface area contributed by atoms with E-state index >= 15 is 0 Å². The average molecular weight is 205 g/mol. The Morgan fingerprint density at radius 1 is 1.36 bits per heavy atom. The molecule has 75 valence electrons. The van der Waals surface area contributed by atoms with Gasteiger partial charge in [0.05, 0.1) is 8.07 Å². The van der Waals surface area contributed by atoms with Gasteiger partial charge in [-0.2, -0.15) is 0 Å². The second-order valence-electron chi connectivity index (χ2n) is 4.73. The highest BCUT2D eigenvalue weighted by molar-refractivity contribution is 6.80. The van der Waals surface area contributed by atoms with E-state index in [2.05, 4.69) is 25.7 Å². The van der Waals surface area contributed by atoms with Crippen LogP contribution in [0.1, 0.15) is 18.0 Å². The maximum atomic E-state index is 11.6. The Balaban J connectivity index is 3.08. The molecule has 0 aliphatic carbocycles. The fraction of sp³-hybridized carbons (Fsp3) is 0.417. The van der Waals surface area contributed by atoms with Crippen LogP contribution in [0.2, 0.25) is 19.6 Å². The van der Waals surface area contributed by atoms with E-state index in [1.54, 1.807) is 6.92 Å². The molecular formula is C12H17OSi. The molecule has 0 aliphatic rings. The molecule has 0 saturated heterocycles. The van der Waals surface area contributed by atoms with Gasteiger partial charge in [-0.25, -0.2) is 0 Å². The van der Waals surface area contributed by atoms with Crippen molar-refractivity contribution in [2.24, 2.45) is 0 Å². The smallest absolute Gasteiger partial charge is 0.134 e. The predicted octanol–water partition coefficient (Wildman–Crippen LogP) is 3.04. The lowest BCUT2D eigenvalue weighted by atomic mass is 10.1. The second-order valence-corrected chi connectivity index (χ2v) is 10.0. The van der Waals surface area contributed by atoms with Gasteiger partial charge >= 0.3 is 0 Å². The summed E-state index contributed by atoms with van der Waals surface area (Å²) in [7, 11) is -1.47. The highest BCUT2D eigenvalue weighted by Gasteiger charge is 2.31. The molecule has 0 aliphatic heterocycles. The monoisotopic (exact) mass is 205 g/mol. The highest BCUT2D eigenvalue weighted by atomic mass is 28.3. The lowest BCUT2D eigenvalue weighted by Gasteiger charge is -2.26. The van der Waals surface area contributed by atoms with E-state index in [4.69, 9.17) is 0 Å². The second kappa shape index (κ2) is 4.09. The van der Waals surface area contributed by atoms with Gasteiger partial charge in [-0.1, -0.05) is 43.9 Å². The third kappa shape index (κ3) is 2.55. The quantitative estimate of drug-likeness (QED) is 0.693. The van der Waals surface area contributed by atoms with Crippen LogP contribution in [0.25, 0.3) is 0 Å². The number of carbonyl (C=O) groups is 1. The summed E-state index contributed by atoms with van der Waals surface area (Å²) in [5.41, 5.74) is 1.14. The Bertz CT molecular complexity index is 311. The molecule has 0 amide bonds. The number of ketones is 1.